The molecule has 1 saturated carbocycles. The number of anilines is 1. The predicted octanol–water partition coefficient (Wildman–Crippen LogP) is 5.27. The Morgan fingerprint density at radius 3 is 2.40 bits per heavy atom. The zero-order valence-corrected chi connectivity index (χ0v) is 29.4. The predicted molar refractivity (Wildman–Crippen MR) is 188 cm³/mol. The fourth-order valence-corrected chi connectivity index (χ4v) is 6.83. The number of aromatic nitrogens is 4. The summed E-state index contributed by atoms with van der Waals surface area (Å²) in [7, 11) is -4.33. The second kappa shape index (κ2) is 15.8. The highest BCUT2D eigenvalue weighted by molar-refractivity contribution is 7.52. The van der Waals surface area contributed by atoms with Crippen LogP contribution in [0.3, 0.4) is 0 Å². The van der Waals surface area contributed by atoms with E-state index in [1.807, 2.05) is 44.2 Å². The smallest absolute Gasteiger partial charge is 0.459 e. The SMILES string of the molecule is CCC(CC)OC(=O)[C@H](Cc1ccccc1)NP(=O)(OCC1(COC(=O)C(C)C)C/C1=C/n1cnc2c(=O)[nH]c(N)nc21)Oc1ccccc1. The van der Waals surface area contributed by atoms with E-state index in [1.54, 1.807) is 54.9 Å². The van der Waals surface area contributed by atoms with E-state index in [4.69, 9.17) is 24.3 Å². The minimum Gasteiger partial charge on any atom is -0.464 e. The largest absolute Gasteiger partial charge is 0.464 e. The normalized spacial score (nSPS) is 18.2. The molecule has 2 aromatic heterocycles. The van der Waals surface area contributed by atoms with E-state index in [9.17, 15) is 18.9 Å². The molecule has 1 aliphatic carbocycles. The van der Waals surface area contributed by atoms with Crippen molar-refractivity contribution in [2.75, 3.05) is 18.9 Å². The van der Waals surface area contributed by atoms with Gasteiger partial charge in [-0.15, -0.1) is 0 Å². The van der Waals surface area contributed by atoms with E-state index >= 15 is 0 Å². The zero-order chi connectivity index (χ0) is 35.9. The van der Waals surface area contributed by atoms with Crippen LogP contribution in [0, 0.1) is 11.3 Å². The molecule has 0 radical (unpaired) electrons. The number of ether oxygens (including phenoxy) is 2. The van der Waals surface area contributed by atoms with E-state index in [0.29, 0.717) is 19.3 Å². The molecule has 14 nitrogen and oxygen atoms in total. The van der Waals surface area contributed by atoms with Crippen molar-refractivity contribution in [3.8, 4) is 5.75 Å². The number of esters is 2. The first kappa shape index (κ1) is 36.5. The van der Waals surface area contributed by atoms with Crippen molar-refractivity contribution in [2.45, 2.75) is 65.5 Å². The van der Waals surface area contributed by atoms with Crippen molar-refractivity contribution in [2.24, 2.45) is 11.3 Å². The summed E-state index contributed by atoms with van der Waals surface area (Å²) in [5.41, 5.74) is 6.26. The van der Waals surface area contributed by atoms with Crippen molar-refractivity contribution in [1.82, 2.24) is 24.6 Å². The van der Waals surface area contributed by atoms with Crippen LogP contribution in [-0.2, 0) is 34.6 Å². The van der Waals surface area contributed by atoms with Crippen LogP contribution in [0.15, 0.2) is 77.4 Å². The van der Waals surface area contributed by atoms with Gasteiger partial charge in [-0.3, -0.25) is 28.5 Å². The number of benzene rings is 2. The molecule has 0 saturated heterocycles. The quantitative estimate of drug-likeness (QED) is 0.0955. The molecule has 4 aromatic rings. The van der Waals surface area contributed by atoms with Gasteiger partial charge in [0.1, 0.15) is 30.8 Å². The molecule has 5 rings (SSSR count). The molecule has 2 unspecified atom stereocenters. The lowest BCUT2D eigenvalue weighted by molar-refractivity contribution is -0.152. The number of fused-ring (bicyclic) bond motifs is 1. The Balaban J connectivity index is 1.47. The maximum atomic E-state index is 14.7. The summed E-state index contributed by atoms with van der Waals surface area (Å²) < 4.78 is 39.9. The first-order valence-corrected chi connectivity index (χ1v) is 18.1. The topological polar surface area (TPSA) is 190 Å². The van der Waals surface area contributed by atoms with E-state index < -0.39 is 36.7 Å². The second-order valence-corrected chi connectivity index (χ2v) is 14.3. The number of para-hydroxylation sites is 1. The lowest BCUT2D eigenvalue weighted by atomic mass is 10.1. The molecule has 50 heavy (non-hydrogen) atoms. The Morgan fingerprint density at radius 1 is 1.06 bits per heavy atom. The summed E-state index contributed by atoms with van der Waals surface area (Å²) in [6.45, 7) is 6.99. The van der Waals surface area contributed by atoms with E-state index in [-0.39, 0.29) is 54.5 Å². The Morgan fingerprint density at radius 2 is 1.74 bits per heavy atom. The van der Waals surface area contributed by atoms with Gasteiger partial charge in [-0.05, 0) is 49.0 Å². The average Bonchev–Trinajstić information content (AvgIpc) is 3.63. The van der Waals surface area contributed by atoms with Crippen LogP contribution in [0.25, 0.3) is 17.4 Å². The first-order chi connectivity index (χ1) is 23.9. The summed E-state index contributed by atoms with van der Waals surface area (Å²) in [4.78, 5) is 49.3. The number of nitrogens with one attached hydrogen (secondary N) is 2. The van der Waals surface area contributed by atoms with Crippen LogP contribution in [0.1, 0.15) is 52.5 Å². The van der Waals surface area contributed by atoms with Gasteiger partial charge in [0.05, 0.1) is 17.9 Å². The molecule has 266 valence electrons. The van der Waals surface area contributed by atoms with Gasteiger partial charge < -0.3 is 19.7 Å². The molecule has 0 spiro atoms. The number of carbonyl (C=O) groups excluding carboxylic acids is 2. The van der Waals surface area contributed by atoms with Crippen molar-refractivity contribution in [1.29, 1.82) is 0 Å². The Hall–Kier alpha value is -4.78. The molecule has 0 aliphatic heterocycles. The number of nitrogens with zero attached hydrogens (tertiary/aromatic N) is 3. The number of carbonyl (C=O) groups is 2. The molecule has 1 aliphatic rings. The van der Waals surface area contributed by atoms with Crippen LogP contribution in [0.5, 0.6) is 5.75 Å². The number of hydrogen-bond donors (Lipinski definition) is 3. The van der Waals surface area contributed by atoms with Gasteiger partial charge in [-0.2, -0.15) is 10.1 Å². The molecule has 2 aromatic carbocycles. The minimum atomic E-state index is -4.33. The van der Waals surface area contributed by atoms with Crippen molar-refractivity contribution in [3.05, 3.63) is 88.5 Å². The van der Waals surface area contributed by atoms with Crippen LogP contribution in [0.2, 0.25) is 0 Å². The minimum absolute atomic E-state index is 0.0724. The molecule has 0 amide bonds. The number of H-pyrrole nitrogens is 1. The Labute approximate surface area is 290 Å². The molecule has 4 N–H and O–H groups in total. The average molecular weight is 707 g/mol. The van der Waals surface area contributed by atoms with Gasteiger partial charge in [-0.25, -0.2) is 9.55 Å². The van der Waals surface area contributed by atoms with E-state index in [1.165, 1.54) is 6.33 Å². The number of aromatic amines is 1. The van der Waals surface area contributed by atoms with E-state index in [2.05, 4.69) is 20.0 Å². The molecular formula is C35H43N6O8P. The van der Waals surface area contributed by atoms with Crippen molar-refractivity contribution < 1.29 is 32.7 Å². The molecule has 1 fully saturated rings. The van der Waals surface area contributed by atoms with Crippen molar-refractivity contribution in [3.63, 3.8) is 0 Å². The summed E-state index contributed by atoms with van der Waals surface area (Å²) in [5, 5.41) is 2.89. The van der Waals surface area contributed by atoms with Gasteiger partial charge in [-0.1, -0.05) is 76.2 Å². The van der Waals surface area contributed by atoms with E-state index in [0.717, 1.165) is 11.1 Å². The molecule has 2 heterocycles. The third-order valence-corrected chi connectivity index (χ3v) is 9.90. The second-order valence-electron chi connectivity index (χ2n) is 12.6. The fourth-order valence-electron chi connectivity index (χ4n) is 5.26. The van der Waals surface area contributed by atoms with Gasteiger partial charge in [0.2, 0.25) is 5.95 Å². The maximum absolute atomic E-state index is 14.7. The Bertz CT molecular complexity index is 1930. The number of imidazole rings is 1. The third kappa shape index (κ3) is 9.06. The third-order valence-electron chi connectivity index (χ3n) is 8.35. The van der Waals surface area contributed by atoms with Crippen LogP contribution < -0.4 is 20.9 Å². The number of rotatable bonds is 17. The number of hydrogen-bond acceptors (Lipinski definition) is 11. The van der Waals surface area contributed by atoms with Gasteiger partial charge in [0.15, 0.2) is 11.2 Å². The summed E-state index contributed by atoms with van der Waals surface area (Å²) >= 11 is 0. The molecular weight excluding hydrogens is 663 g/mol. The van der Waals surface area contributed by atoms with Crippen LogP contribution >= 0.6 is 7.75 Å². The Kier molecular flexibility index (Phi) is 11.6. The molecule has 0 bridgehead atoms. The zero-order valence-electron chi connectivity index (χ0n) is 28.5. The number of nitrogen functional groups attached to an aromatic ring is 1. The summed E-state index contributed by atoms with van der Waals surface area (Å²) in [6.07, 6.45) is 4.57. The standard InChI is InChI=1S/C35H43N6O8P/c1-5-26(6-2)48-33(44)28(17-24-13-9-7-10-14-24)40-50(45,49-27-15-11-8-12-16-27)47-21-35(20-46-32(43)23(3)4)18-25(35)19-41-22-37-29-30(41)38-34(36)39-31(29)42/h7-16,19,22-23,26,28H,5-6,17-18,20-21H2,1-4H3,(H,40,45)(H3,36,38,39,42)/b25-19-/t28-,35?,50?/m0/s1. The van der Waals surface area contributed by atoms with Crippen molar-refractivity contribution >= 4 is 43.0 Å². The summed E-state index contributed by atoms with van der Waals surface area (Å²) in [6, 6.07) is 16.7. The highest BCUT2D eigenvalue weighted by Crippen LogP contribution is 2.56. The highest BCUT2D eigenvalue weighted by atomic mass is 31.2. The lowest BCUT2D eigenvalue weighted by Gasteiger charge is -2.27. The monoisotopic (exact) mass is 706 g/mol. The highest BCUT2D eigenvalue weighted by Gasteiger charge is 2.53. The maximum Gasteiger partial charge on any atom is 0.459 e. The van der Waals surface area contributed by atoms with Gasteiger partial charge in [0, 0.05) is 6.20 Å². The lowest BCUT2D eigenvalue weighted by Crippen LogP contribution is -2.41. The fraction of sp³-hybridized carbons (Fsp3) is 0.400. The number of nitrogens with two attached hydrogens (primary N) is 1. The molecule has 15 heteroatoms. The van der Waals surface area contributed by atoms with Crippen LogP contribution in [0.4, 0.5) is 5.95 Å². The van der Waals surface area contributed by atoms with Gasteiger partial charge >= 0.3 is 19.7 Å². The summed E-state index contributed by atoms with van der Waals surface area (Å²) in [5.74, 6) is -1.22. The first-order valence-electron chi connectivity index (χ1n) is 16.6. The van der Waals surface area contributed by atoms with Crippen LogP contribution in [-0.4, -0.2) is 56.8 Å². The molecule has 3 atom stereocenters. The van der Waals surface area contributed by atoms with Gasteiger partial charge in [0.25, 0.3) is 5.56 Å².